The van der Waals surface area contributed by atoms with E-state index in [0.717, 1.165) is 45.2 Å². The van der Waals surface area contributed by atoms with E-state index in [0.29, 0.717) is 34.8 Å². The molecule has 3 N–H and O–H groups in total. The molecular weight excluding hydrogens is 479 g/mol. The molecule has 6 rings (SSSR count). The lowest BCUT2D eigenvalue weighted by atomic mass is 9.99. The van der Waals surface area contributed by atoms with E-state index in [1.165, 1.54) is 12.1 Å². The van der Waals surface area contributed by atoms with Crippen LogP contribution in [-0.4, -0.2) is 62.2 Å². The Morgan fingerprint density at radius 2 is 1.84 bits per heavy atom. The van der Waals surface area contributed by atoms with E-state index in [1.54, 1.807) is 18.6 Å². The van der Waals surface area contributed by atoms with E-state index in [2.05, 4.69) is 54.4 Å². The van der Waals surface area contributed by atoms with Gasteiger partial charge in [-0.3, -0.25) is 15.1 Å². The molecule has 0 saturated heterocycles. The highest BCUT2D eigenvalue weighted by atomic mass is 19.1. The number of likely N-dealkylation sites (N-methyl/N-ethyl adjacent to an activating group) is 1. The molecule has 0 aliphatic rings. The van der Waals surface area contributed by atoms with Crippen molar-refractivity contribution >= 4 is 27.6 Å². The largest absolute Gasteiger partial charge is 0.384 e. The minimum atomic E-state index is -0.320. The Morgan fingerprint density at radius 1 is 0.947 bits per heavy atom. The summed E-state index contributed by atoms with van der Waals surface area (Å²) in [5, 5.41) is 12.0. The fraction of sp³-hybridized carbons (Fsp3) is 0.172. The summed E-state index contributed by atoms with van der Waals surface area (Å²) in [6, 6.07) is 13.1. The van der Waals surface area contributed by atoms with Crippen molar-refractivity contribution in [1.82, 2.24) is 35.0 Å². The Balaban J connectivity index is 1.42. The number of aromatic nitrogens is 6. The van der Waals surface area contributed by atoms with E-state index in [1.807, 2.05) is 38.5 Å². The number of rotatable bonds is 7. The van der Waals surface area contributed by atoms with E-state index < -0.39 is 0 Å². The van der Waals surface area contributed by atoms with Crippen molar-refractivity contribution < 1.29 is 4.39 Å². The first-order valence-corrected chi connectivity index (χ1v) is 12.4. The first-order valence-electron chi connectivity index (χ1n) is 12.4. The molecule has 0 atom stereocenters. The molecule has 190 valence electrons. The minimum absolute atomic E-state index is 0.320. The second-order valence-corrected chi connectivity index (χ2v) is 9.65. The SMILES string of the molecule is Cc1cc2[nH]nc(-c3nc4c(-c5cc(F)cc(NCCN(C)C)c5)cncc4[nH]3)c2cc1-c1cccnc1. The Hall–Kier alpha value is -4.63. The quantitative estimate of drug-likeness (QED) is 0.259. The van der Waals surface area contributed by atoms with Gasteiger partial charge in [-0.1, -0.05) is 6.07 Å². The monoisotopic (exact) mass is 506 g/mol. The van der Waals surface area contributed by atoms with Crippen LogP contribution < -0.4 is 5.32 Å². The van der Waals surface area contributed by atoms with Crippen molar-refractivity contribution in [2.45, 2.75) is 6.92 Å². The van der Waals surface area contributed by atoms with Gasteiger partial charge < -0.3 is 15.2 Å². The number of nitrogens with one attached hydrogen (secondary N) is 3. The van der Waals surface area contributed by atoms with Crippen molar-refractivity contribution in [3.8, 4) is 33.8 Å². The summed E-state index contributed by atoms with van der Waals surface area (Å²) in [4.78, 5) is 19.0. The van der Waals surface area contributed by atoms with Gasteiger partial charge in [-0.15, -0.1) is 0 Å². The summed E-state index contributed by atoms with van der Waals surface area (Å²) in [6.45, 7) is 3.62. The van der Waals surface area contributed by atoms with Gasteiger partial charge in [0, 0.05) is 53.9 Å². The van der Waals surface area contributed by atoms with Crippen LogP contribution >= 0.6 is 0 Å². The first kappa shape index (κ1) is 23.7. The zero-order valence-electron chi connectivity index (χ0n) is 21.4. The lowest BCUT2D eigenvalue weighted by Crippen LogP contribution is -2.20. The van der Waals surface area contributed by atoms with Crippen molar-refractivity contribution in [3.63, 3.8) is 0 Å². The maximum absolute atomic E-state index is 14.6. The Kier molecular flexibility index (Phi) is 6.05. The van der Waals surface area contributed by atoms with Crippen molar-refractivity contribution in [3.05, 3.63) is 78.6 Å². The number of halogens is 1. The molecule has 38 heavy (non-hydrogen) atoms. The van der Waals surface area contributed by atoms with Crippen LogP contribution in [0.5, 0.6) is 0 Å². The Bertz CT molecular complexity index is 1750. The highest BCUT2D eigenvalue weighted by Gasteiger charge is 2.17. The Labute approximate surface area is 219 Å². The smallest absolute Gasteiger partial charge is 0.159 e. The van der Waals surface area contributed by atoms with Crippen LogP contribution in [0.2, 0.25) is 0 Å². The number of fused-ring (bicyclic) bond motifs is 2. The Morgan fingerprint density at radius 3 is 2.66 bits per heavy atom. The molecule has 9 heteroatoms. The molecule has 0 spiro atoms. The molecule has 4 heterocycles. The minimum Gasteiger partial charge on any atom is -0.384 e. The maximum Gasteiger partial charge on any atom is 0.159 e. The van der Waals surface area contributed by atoms with Gasteiger partial charge in [-0.2, -0.15) is 5.10 Å². The van der Waals surface area contributed by atoms with Gasteiger partial charge in [-0.25, -0.2) is 9.37 Å². The number of H-pyrrole nitrogens is 2. The standard InChI is InChI=1S/C29H27FN8/c1-17-9-25-23(13-22(17)18-5-4-6-31-14-18)28(37-36-25)29-34-26-16-32-15-24(27(26)35-29)19-10-20(30)12-21(11-19)33-7-8-38(2)3/h4-6,9-16,33H,7-8H2,1-3H3,(H,34,35)(H,36,37). The van der Waals surface area contributed by atoms with Crippen LogP contribution in [0.4, 0.5) is 10.1 Å². The molecule has 0 amide bonds. The van der Waals surface area contributed by atoms with Gasteiger partial charge in [0.1, 0.15) is 11.5 Å². The molecule has 2 aromatic carbocycles. The second kappa shape index (κ2) is 9.68. The maximum atomic E-state index is 14.6. The molecule has 0 aliphatic carbocycles. The summed E-state index contributed by atoms with van der Waals surface area (Å²) >= 11 is 0. The normalized spacial score (nSPS) is 11.6. The van der Waals surface area contributed by atoms with Gasteiger partial charge >= 0.3 is 0 Å². The van der Waals surface area contributed by atoms with Crippen molar-refractivity contribution in [2.24, 2.45) is 0 Å². The highest BCUT2D eigenvalue weighted by Crippen LogP contribution is 2.34. The highest BCUT2D eigenvalue weighted by molar-refractivity contribution is 5.98. The van der Waals surface area contributed by atoms with Crippen LogP contribution in [-0.2, 0) is 0 Å². The fourth-order valence-electron chi connectivity index (χ4n) is 4.71. The van der Waals surface area contributed by atoms with Gasteiger partial charge in [-0.05, 0) is 74.1 Å². The zero-order valence-corrected chi connectivity index (χ0v) is 21.4. The van der Waals surface area contributed by atoms with Crippen molar-refractivity contribution in [2.75, 3.05) is 32.5 Å². The lowest BCUT2D eigenvalue weighted by molar-refractivity contribution is 0.425. The number of hydrogen-bond acceptors (Lipinski definition) is 6. The number of nitrogens with zero attached hydrogens (tertiary/aromatic N) is 5. The molecule has 0 aliphatic heterocycles. The molecule has 0 saturated carbocycles. The summed E-state index contributed by atoms with van der Waals surface area (Å²) in [7, 11) is 4.01. The molecule has 4 aromatic heterocycles. The van der Waals surface area contributed by atoms with Crippen LogP contribution in [0.15, 0.2) is 67.3 Å². The third kappa shape index (κ3) is 4.48. The number of aryl methyl sites for hydroxylation is 1. The van der Waals surface area contributed by atoms with Gasteiger partial charge in [0.25, 0.3) is 0 Å². The number of anilines is 1. The molecule has 0 bridgehead atoms. The number of benzene rings is 2. The van der Waals surface area contributed by atoms with E-state index >= 15 is 0 Å². The van der Waals surface area contributed by atoms with Gasteiger partial charge in [0.2, 0.25) is 0 Å². The second-order valence-electron chi connectivity index (χ2n) is 9.65. The summed E-state index contributed by atoms with van der Waals surface area (Å²) in [5.74, 6) is 0.293. The predicted molar refractivity (Wildman–Crippen MR) is 149 cm³/mol. The molecule has 0 unspecified atom stereocenters. The molecule has 0 fully saturated rings. The van der Waals surface area contributed by atoms with E-state index in [-0.39, 0.29) is 5.82 Å². The first-order chi connectivity index (χ1) is 18.5. The third-order valence-electron chi connectivity index (χ3n) is 6.60. The van der Waals surface area contributed by atoms with Crippen LogP contribution in [0, 0.1) is 12.7 Å². The number of pyridine rings is 2. The predicted octanol–water partition coefficient (Wildman–Crippen LogP) is 5.65. The number of hydrogen-bond donors (Lipinski definition) is 3. The number of imidazole rings is 1. The summed E-state index contributed by atoms with van der Waals surface area (Å²) in [6.07, 6.45) is 7.07. The molecule has 0 radical (unpaired) electrons. The zero-order chi connectivity index (χ0) is 26.2. The van der Waals surface area contributed by atoms with Crippen LogP contribution in [0.25, 0.3) is 55.7 Å². The van der Waals surface area contributed by atoms with Crippen molar-refractivity contribution in [1.29, 1.82) is 0 Å². The van der Waals surface area contributed by atoms with Gasteiger partial charge in [0.15, 0.2) is 5.82 Å². The molecular formula is C29H27FN8. The summed E-state index contributed by atoms with van der Waals surface area (Å²) in [5.41, 5.74) is 8.48. The van der Waals surface area contributed by atoms with E-state index in [4.69, 9.17) is 4.98 Å². The average Bonchev–Trinajstić information content (AvgIpc) is 3.51. The average molecular weight is 507 g/mol. The van der Waals surface area contributed by atoms with Crippen LogP contribution in [0.3, 0.4) is 0 Å². The van der Waals surface area contributed by atoms with E-state index in [9.17, 15) is 4.39 Å². The fourth-order valence-corrected chi connectivity index (χ4v) is 4.71. The van der Waals surface area contributed by atoms with Gasteiger partial charge in [0.05, 0.1) is 22.7 Å². The molecule has 6 aromatic rings. The summed E-state index contributed by atoms with van der Waals surface area (Å²) < 4.78 is 14.6. The van der Waals surface area contributed by atoms with Crippen LogP contribution in [0.1, 0.15) is 5.56 Å². The topological polar surface area (TPSA) is 98.4 Å². The third-order valence-corrected chi connectivity index (χ3v) is 6.60. The molecule has 8 nitrogen and oxygen atoms in total. The number of aromatic amines is 2. The lowest BCUT2D eigenvalue weighted by Gasteiger charge is -2.12.